The Balaban J connectivity index is 2.07. The summed E-state index contributed by atoms with van der Waals surface area (Å²) in [5.74, 6) is -0.234. The zero-order valence-electron chi connectivity index (χ0n) is 10.6. The Morgan fingerprint density at radius 1 is 1.45 bits per heavy atom. The van der Waals surface area contributed by atoms with Crippen LogP contribution in [-0.4, -0.2) is 10.8 Å². The minimum absolute atomic E-state index is 0.0127. The summed E-state index contributed by atoms with van der Waals surface area (Å²) < 4.78 is 0.985. The summed E-state index contributed by atoms with van der Waals surface area (Å²) in [5.41, 5.74) is 1.02. The van der Waals surface area contributed by atoms with Crippen LogP contribution in [0.25, 0.3) is 0 Å². The number of amides is 1. The van der Waals surface area contributed by atoms with E-state index in [1.165, 1.54) is 18.2 Å². The summed E-state index contributed by atoms with van der Waals surface area (Å²) in [4.78, 5) is 23.2. The van der Waals surface area contributed by atoms with Crippen molar-refractivity contribution < 1.29 is 9.72 Å². The molecular formula is C13H11BrN2O3S. The van der Waals surface area contributed by atoms with E-state index in [0.717, 1.165) is 9.35 Å². The number of carbonyl (C=O) groups excluding carboxylic acids is 1. The first-order valence-electron chi connectivity index (χ1n) is 5.73. The molecule has 20 heavy (non-hydrogen) atoms. The normalized spacial score (nSPS) is 10.3. The standard InChI is InChI=1S/C13H11BrN2O3S/c1-8-4-10(16(18)19)2-3-12(8)13(17)15-6-11-5-9(14)7-20-11/h2-5,7H,6H2,1H3,(H,15,17). The molecule has 0 aliphatic heterocycles. The number of thiophene rings is 1. The van der Waals surface area contributed by atoms with Crippen LogP contribution in [-0.2, 0) is 6.54 Å². The summed E-state index contributed by atoms with van der Waals surface area (Å²) in [7, 11) is 0. The second-order valence-electron chi connectivity index (χ2n) is 4.17. The van der Waals surface area contributed by atoms with Crippen molar-refractivity contribution in [3.63, 3.8) is 0 Å². The molecule has 1 heterocycles. The van der Waals surface area contributed by atoms with Crippen LogP contribution < -0.4 is 5.32 Å². The van der Waals surface area contributed by atoms with E-state index in [4.69, 9.17) is 0 Å². The van der Waals surface area contributed by atoms with Crippen LogP contribution in [0.1, 0.15) is 20.8 Å². The molecule has 0 spiro atoms. The first-order chi connectivity index (χ1) is 9.47. The van der Waals surface area contributed by atoms with E-state index >= 15 is 0 Å². The molecule has 0 radical (unpaired) electrons. The van der Waals surface area contributed by atoms with E-state index in [1.807, 2.05) is 11.4 Å². The van der Waals surface area contributed by atoms with Crippen molar-refractivity contribution in [3.8, 4) is 0 Å². The highest BCUT2D eigenvalue weighted by molar-refractivity contribution is 9.10. The van der Waals surface area contributed by atoms with E-state index in [1.54, 1.807) is 18.3 Å². The molecular weight excluding hydrogens is 344 g/mol. The SMILES string of the molecule is Cc1cc([N+](=O)[O-])ccc1C(=O)NCc1cc(Br)cs1. The topological polar surface area (TPSA) is 72.2 Å². The van der Waals surface area contributed by atoms with Crippen LogP contribution in [0.2, 0.25) is 0 Å². The Hall–Kier alpha value is -1.73. The second kappa shape index (κ2) is 6.15. The fraction of sp³-hybridized carbons (Fsp3) is 0.154. The number of nitrogens with one attached hydrogen (secondary N) is 1. The second-order valence-corrected chi connectivity index (χ2v) is 6.08. The van der Waals surface area contributed by atoms with Crippen LogP contribution in [0.4, 0.5) is 5.69 Å². The maximum absolute atomic E-state index is 12.0. The summed E-state index contributed by atoms with van der Waals surface area (Å²) in [6.07, 6.45) is 0. The zero-order chi connectivity index (χ0) is 14.7. The Morgan fingerprint density at radius 2 is 2.20 bits per heavy atom. The Labute approximate surface area is 127 Å². The number of nitro groups is 1. The van der Waals surface area contributed by atoms with Gasteiger partial charge in [-0.3, -0.25) is 14.9 Å². The number of nitro benzene ring substituents is 1. The van der Waals surface area contributed by atoms with Gasteiger partial charge in [0.2, 0.25) is 0 Å². The predicted octanol–water partition coefficient (Wildman–Crippen LogP) is 3.66. The summed E-state index contributed by atoms with van der Waals surface area (Å²) in [5, 5.41) is 15.4. The van der Waals surface area contributed by atoms with Gasteiger partial charge in [-0.05, 0) is 40.5 Å². The molecule has 7 heteroatoms. The van der Waals surface area contributed by atoms with Gasteiger partial charge in [0.05, 0.1) is 11.5 Å². The molecule has 0 aliphatic rings. The number of halogens is 1. The minimum atomic E-state index is -0.474. The number of nitrogens with zero attached hydrogens (tertiary/aromatic N) is 1. The number of hydrogen-bond donors (Lipinski definition) is 1. The van der Waals surface area contributed by atoms with Gasteiger partial charge in [0, 0.05) is 32.4 Å². The van der Waals surface area contributed by atoms with Crippen molar-refractivity contribution in [3.05, 3.63) is 60.2 Å². The molecule has 2 rings (SSSR count). The van der Waals surface area contributed by atoms with Gasteiger partial charge in [-0.2, -0.15) is 0 Å². The molecule has 5 nitrogen and oxygen atoms in total. The van der Waals surface area contributed by atoms with Crippen LogP contribution >= 0.6 is 27.3 Å². The first kappa shape index (κ1) is 14.7. The van der Waals surface area contributed by atoms with E-state index in [0.29, 0.717) is 17.7 Å². The number of rotatable bonds is 4. The van der Waals surface area contributed by atoms with Crippen LogP contribution in [0, 0.1) is 17.0 Å². The van der Waals surface area contributed by atoms with Crippen LogP contribution in [0.5, 0.6) is 0 Å². The summed E-state index contributed by atoms with van der Waals surface area (Å²) in [6, 6.07) is 6.15. The van der Waals surface area contributed by atoms with Gasteiger partial charge in [0.15, 0.2) is 0 Å². The van der Waals surface area contributed by atoms with E-state index in [-0.39, 0.29) is 11.6 Å². The van der Waals surface area contributed by atoms with Gasteiger partial charge in [0.25, 0.3) is 11.6 Å². The van der Waals surface area contributed by atoms with Crippen molar-refractivity contribution >= 4 is 38.9 Å². The largest absolute Gasteiger partial charge is 0.347 e. The van der Waals surface area contributed by atoms with Gasteiger partial charge < -0.3 is 5.32 Å². The van der Waals surface area contributed by atoms with Crippen LogP contribution in [0.15, 0.2) is 34.1 Å². The van der Waals surface area contributed by atoms with E-state index in [9.17, 15) is 14.9 Å². The molecule has 1 amide bonds. The highest BCUT2D eigenvalue weighted by Crippen LogP contribution is 2.20. The molecule has 0 saturated heterocycles. The summed E-state index contributed by atoms with van der Waals surface area (Å²) >= 11 is 4.90. The van der Waals surface area contributed by atoms with Gasteiger partial charge in [0.1, 0.15) is 0 Å². The molecule has 1 N–H and O–H groups in total. The van der Waals surface area contributed by atoms with Gasteiger partial charge in [-0.25, -0.2) is 0 Å². The molecule has 2 aromatic rings. The predicted molar refractivity (Wildman–Crippen MR) is 81.0 cm³/mol. The van der Waals surface area contributed by atoms with Gasteiger partial charge >= 0.3 is 0 Å². The lowest BCUT2D eigenvalue weighted by molar-refractivity contribution is -0.384. The molecule has 0 atom stereocenters. The van der Waals surface area contributed by atoms with Crippen molar-refractivity contribution in [2.24, 2.45) is 0 Å². The third kappa shape index (κ3) is 3.43. The average Bonchev–Trinajstić information content (AvgIpc) is 2.81. The Kier molecular flexibility index (Phi) is 4.51. The number of carbonyl (C=O) groups is 1. The molecule has 0 aliphatic carbocycles. The van der Waals surface area contributed by atoms with Crippen molar-refractivity contribution in [2.75, 3.05) is 0 Å². The number of hydrogen-bond acceptors (Lipinski definition) is 4. The average molecular weight is 355 g/mol. The molecule has 1 aromatic carbocycles. The number of non-ortho nitro benzene ring substituents is 1. The lowest BCUT2D eigenvalue weighted by Gasteiger charge is -2.06. The van der Waals surface area contributed by atoms with Gasteiger partial charge in [-0.15, -0.1) is 11.3 Å². The minimum Gasteiger partial charge on any atom is -0.347 e. The Morgan fingerprint density at radius 3 is 2.75 bits per heavy atom. The maximum atomic E-state index is 12.0. The van der Waals surface area contributed by atoms with Crippen molar-refractivity contribution in [2.45, 2.75) is 13.5 Å². The zero-order valence-corrected chi connectivity index (χ0v) is 13.0. The highest BCUT2D eigenvalue weighted by Gasteiger charge is 2.13. The maximum Gasteiger partial charge on any atom is 0.269 e. The van der Waals surface area contributed by atoms with Crippen molar-refractivity contribution in [1.29, 1.82) is 0 Å². The Bertz CT molecular complexity index is 669. The van der Waals surface area contributed by atoms with Crippen LogP contribution in [0.3, 0.4) is 0 Å². The molecule has 104 valence electrons. The third-order valence-corrected chi connectivity index (χ3v) is 4.41. The van der Waals surface area contributed by atoms with Crippen molar-refractivity contribution in [1.82, 2.24) is 5.32 Å². The number of benzene rings is 1. The highest BCUT2D eigenvalue weighted by atomic mass is 79.9. The fourth-order valence-corrected chi connectivity index (χ4v) is 3.12. The smallest absolute Gasteiger partial charge is 0.269 e. The molecule has 0 saturated carbocycles. The number of aryl methyl sites for hydroxylation is 1. The van der Waals surface area contributed by atoms with E-state index in [2.05, 4.69) is 21.2 Å². The van der Waals surface area contributed by atoms with E-state index < -0.39 is 4.92 Å². The monoisotopic (exact) mass is 354 g/mol. The summed E-state index contributed by atoms with van der Waals surface area (Å²) in [6.45, 7) is 2.12. The molecule has 1 aromatic heterocycles. The lowest BCUT2D eigenvalue weighted by Crippen LogP contribution is -2.23. The third-order valence-electron chi connectivity index (χ3n) is 2.71. The lowest BCUT2D eigenvalue weighted by atomic mass is 10.1. The molecule has 0 bridgehead atoms. The quantitative estimate of drug-likeness (QED) is 0.672. The van der Waals surface area contributed by atoms with Gasteiger partial charge in [-0.1, -0.05) is 0 Å². The first-order valence-corrected chi connectivity index (χ1v) is 7.41. The molecule has 0 fully saturated rings. The molecule has 0 unspecified atom stereocenters. The fourth-order valence-electron chi connectivity index (χ4n) is 1.73.